The molecule has 120 valence electrons. The molecule has 1 aromatic heterocycles. The van der Waals surface area contributed by atoms with Gasteiger partial charge in [0.2, 0.25) is 0 Å². The van der Waals surface area contributed by atoms with E-state index >= 15 is 0 Å². The maximum atomic E-state index is 12.4. The van der Waals surface area contributed by atoms with Crippen molar-refractivity contribution >= 4 is 22.6 Å². The third-order valence-corrected chi connectivity index (χ3v) is 4.14. The number of carbonyl (C=O) groups is 1. The van der Waals surface area contributed by atoms with Crippen LogP contribution in [0, 0.1) is 6.92 Å². The molecule has 4 rings (SSSR count). The van der Waals surface area contributed by atoms with Gasteiger partial charge < -0.3 is 9.15 Å². The Morgan fingerprint density at radius 2 is 1.92 bits per heavy atom. The number of hydrogen-bond acceptors (Lipinski definition) is 4. The van der Waals surface area contributed by atoms with Gasteiger partial charge in [-0.25, -0.2) is 5.43 Å². The number of benzene rings is 2. The number of fused-ring (bicyclic) bond motifs is 2. The first-order valence-electron chi connectivity index (χ1n) is 7.81. The fourth-order valence-corrected chi connectivity index (χ4v) is 2.90. The van der Waals surface area contributed by atoms with Crippen LogP contribution in [0.3, 0.4) is 0 Å². The summed E-state index contributed by atoms with van der Waals surface area (Å²) < 4.78 is 11.3. The molecule has 5 heteroatoms. The molecule has 5 nitrogen and oxygen atoms in total. The molecule has 0 atom stereocenters. The summed E-state index contributed by atoms with van der Waals surface area (Å²) >= 11 is 0. The normalized spacial score (nSPS) is 15.1. The van der Waals surface area contributed by atoms with Crippen LogP contribution in [-0.2, 0) is 0 Å². The Bertz CT molecular complexity index is 956. The van der Waals surface area contributed by atoms with Crippen LogP contribution in [0.1, 0.15) is 28.1 Å². The van der Waals surface area contributed by atoms with E-state index in [0.717, 1.165) is 28.0 Å². The summed E-state index contributed by atoms with van der Waals surface area (Å²) in [5.74, 6) is 0.734. The topological polar surface area (TPSA) is 63.8 Å². The van der Waals surface area contributed by atoms with Gasteiger partial charge in [0, 0.05) is 22.9 Å². The van der Waals surface area contributed by atoms with Crippen molar-refractivity contribution < 1.29 is 13.9 Å². The zero-order valence-electron chi connectivity index (χ0n) is 13.2. The summed E-state index contributed by atoms with van der Waals surface area (Å²) in [4.78, 5) is 12.4. The fraction of sp³-hybridized carbons (Fsp3) is 0.158. The van der Waals surface area contributed by atoms with Gasteiger partial charge in [0.1, 0.15) is 11.3 Å². The summed E-state index contributed by atoms with van der Waals surface area (Å²) in [6, 6.07) is 15.3. The van der Waals surface area contributed by atoms with E-state index in [1.165, 1.54) is 0 Å². The van der Waals surface area contributed by atoms with Crippen LogP contribution in [-0.4, -0.2) is 18.2 Å². The minimum Gasteiger partial charge on any atom is -0.492 e. The number of carbonyl (C=O) groups excluding carboxylic acids is 1. The second kappa shape index (κ2) is 5.85. The van der Waals surface area contributed by atoms with Crippen LogP contribution in [0.4, 0.5) is 0 Å². The number of nitrogens with one attached hydrogen (secondary N) is 1. The van der Waals surface area contributed by atoms with E-state index in [9.17, 15) is 4.79 Å². The van der Waals surface area contributed by atoms with E-state index in [4.69, 9.17) is 9.15 Å². The lowest BCUT2D eigenvalue weighted by atomic mass is 10.0. The van der Waals surface area contributed by atoms with Crippen molar-refractivity contribution in [2.45, 2.75) is 13.3 Å². The number of aryl methyl sites for hydroxylation is 1. The highest BCUT2D eigenvalue weighted by molar-refractivity contribution is 6.05. The average molecular weight is 320 g/mol. The monoisotopic (exact) mass is 320 g/mol. The first-order valence-corrected chi connectivity index (χ1v) is 7.81. The maximum Gasteiger partial charge on any atom is 0.307 e. The number of para-hydroxylation sites is 2. The van der Waals surface area contributed by atoms with Gasteiger partial charge in [-0.05, 0) is 25.1 Å². The highest BCUT2D eigenvalue weighted by Gasteiger charge is 2.19. The standard InChI is InChI=1S/C19H16N2O3/c1-12-13-6-2-5-9-17(13)24-18(12)19(22)21-20-15-10-11-23-16-8-4-3-7-14(15)16/h2-9H,10-11H2,1H3,(H,21,22). The average Bonchev–Trinajstić information content (AvgIpc) is 2.97. The molecule has 24 heavy (non-hydrogen) atoms. The molecule has 2 heterocycles. The van der Waals surface area contributed by atoms with Crippen molar-refractivity contribution in [3.05, 3.63) is 65.4 Å². The summed E-state index contributed by atoms with van der Waals surface area (Å²) in [5.41, 5.74) is 5.84. The van der Waals surface area contributed by atoms with E-state index in [2.05, 4.69) is 10.5 Å². The fourth-order valence-electron chi connectivity index (χ4n) is 2.90. The Morgan fingerprint density at radius 3 is 2.79 bits per heavy atom. The van der Waals surface area contributed by atoms with Crippen LogP contribution in [0.5, 0.6) is 5.75 Å². The molecule has 2 aromatic carbocycles. The van der Waals surface area contributed by atoms with Crippen LogP contribution in [0.25, 0.3) is 11.0 Å². The molecule has 0 saturated heterocycles. The third-order valence-electron chi connectivity index (χ3n) is 4.14. The van der Waals surface area contributed by atoms with Gasteiger partial charge in [-0.3, -0.25) is 4.79 Å². The van der Waals surface area contributed by atoms with E-state index < -0.39 is 0 Å². The highest BCUT2D eigenvalue weighted by atomic mass is 16.5. The largest absolute Gasteiger partial charge is 0.492 e. The molecular formula is C19H16N2O3. The predicted molar refractivity (Wildman–Crippen MR) is 91.5 cm³/mol. The van der Waals surface area contributed by atoms with E-state index in [1.54, 1.807) is 0 Å². The Morgan fingerprint density at radius 1 is 1.12 bits per heavy atom. The summed E-state index contributed by atoms with van der Waals surface area (Å²) in [6.45, 7) is 2.42. The van der Waals surface area contributed by atoms with Crippen LogP contribution < -0.4 is 10.2 Å². The number of hydrogen-bond donors (Lipinski definition) is 1. The Labute approximate surface area is 138 Å². The lowest BCUT2D eigenvalue weighted by Crippen LogP contribution is -2.23. The quantitative estimate of drug-likeness (QED) is 0.733. The number of rotatable bonds is 2. The molecule has 3 aromatic rings. The summed E-state index contributed by atoms with van der Waals surface area (Å²) in [7, 11) is 0. The number of ether oxygens (including phenoxy) is 1. The van der Waals surface area contributed by atoms with E-state index in [-0.39, 0.29) is 5.91 Å². The lowest BCUT2D eigenvalue weighted by Gasteiger charge is -2.18. The van der Waals surface area contributed by atoms with Gasteiger partial charge >= 0.3 is 5.91 Å². The molecule has 1 aliphatic heterocycles. The van der Waals surface area contributed by atoms with Crippen molar-refractivity contribution in [3.63, 3.8) is 0 Å². The van der Waals surface area contributed by atoms with Gasteiger partial charge in [-0.1, -0.05) is 30.3 Å². The number of furan rings is 1. The Hall–Kier alpha value is -3.08. The summed E-state index contributed by atoms with van der Waals surface area (Å²) in [5, 5.41) is 5.23. The molecule has 1 aliphatic rings. The second-order valence-corrected chi connectivity index (χ2v) is 5.65. The molecule has 0 aliphatic carbocycles. The first-order chi connectivity index (χ1) is 11.7. The van der Waals surface area contributed by atoms with Gasteiger partial charge in [-0.15, -0.1) is 0 Å². The van der Waals surface area contributed by atoms with Crippen molar-refractivity contribution in [1.82, 2.24) is 5.43 Å². The van der Waals surface area contributed by atoms with Crippen molar-refractivity contribution in [3.8, 4) is 5.75 Å². The minimum atomic E-state index is -0.347. The van der Waals surface area contributed by atoms with Crippen LogP contribution in [0.2, 0.25) is 0 Å². The molecule has 0 saturated carbocycles. The van der Waals surface area contributed by atoms with Crippen LogP contribution >= 0.6 is 0 Å². The Kier molecular flexibility index (Phi) is 3.54. The molecule has 0 unspecified atom stereocenters. The molecule has 1 amide bonds. The third kappa shape index (κ3) is 2.44. The zero-order chi connectivity index (χ0) is 16.5. The second-order valence-electron chi connectivity index (χ2n) is 5.65. The molecule has 0 fully saturated rings. The SMILES string of the molecule is Cc1c(C(=O)NN=C2CCOc3ccccc32)oc2ccccc12. The van der Waals surface area contributed by atoms with Crippen molar-refractivity contribution in [2.24, 2.45) is 5.10 Å². The van der Waals surface area contributed by atoms with Gasteiger partial charge in [0.15, 0.2) is 5.76 Å². The molecule has 0 bridgehead atoms. The number of hydrazone groups is 1. The predicted octanol–water partition coefficient (Wildman–Crippen LogP) is 3.66. The van der Waals surface area contributed by atoms with E-state index in [1.807, 2.05) is 55.5 Å². The molecule has 1 N–H and O–H groups in total. The molecule has 0 spiro atoms. The Balaban J connectivity index is 1.62. The summed E-state index contributed by atoms with van der Waals surface area (Å²) in [6.07, 6.45) is 0.649. The van der Waals surface area contributed by atoms with Crippen molar-refractivity contribution in [1.29, 1.82) is 0 Å². The first kappa shape index (κ1) is 14.5. The van der Waals surface area contributed by atoms with Gasteiger partial charge in [0.05, 0.1) is 12.3 Å². The van der Waals surface area contributed by atoms with Crippen LogP contribution in [0.15, 0.2) is 58.0 Å². The van der Waals surface area contributed by atoms with Crippen molar-refractivity contribution in [2.75, 3.05) is 6.61 Å². The van der Waals surface area contributed by atoms with Gasteiger partial charge in [-0.2, -0.15) is 5.10 Å². The van der Waals surface area contributed by atoms with E-state index in [0.29, 0.717) is 24.4 Å². The highest BCUT2D eigenvalue weighted by Crippen LogP contribution is 2.26. The smallest absolute Gasteiger partial charge is 0.307 e. The molecule has 0 radical (unpaired) electrons. The zero-order valence-corrected chi connectivity index (χ0v) is 13.2. The number of nitrogens with zero attached hydrogens (tertiary/aromatic N) is 1. The maximum absolute atomic E-state index is 12.4. The minimum absolute atomic E-state index is 0.292. The van der Waals surface area contributed by atoms with Gasteiger partial charge in [0.25, 0.3) is 0 Å². The number of amides is 1. The lowest BCUT2D eigenvalue weighted by molar-refractivity contribution is 0.0928. The molecular weight excluding hydrogens is 304 g/mol.